The number of rotatable bonds is 8. The fraction of sp³-hybridized carbons (Fsp3) is 0.812. The molecule has 1 aromatic heterocycles. The minimum atomic E-state index is 0.136. The van der Waals surface area contributed by atoms with E-state index in [0.717, 1.165) is 35.3 Å². The summed E-state index contributed by atoms with van der Waals surface area (Å²) in [5.41, 5.74) is 0. The highest BCUT2D eigenvalue weighted by atomic mass is 32.2. The van der Waals surface area contributed by atoms with Crippen molar-refractivity contribution in [3.63, 3.8) is 0 Å². The Balaban J connectivity index is 1.74. The molecular weight excluding hydrogens is 314 g/mol. The van der Waals surface area contributed by atoms with E-state index in [4.69, 9.17) is 0 Å². The summed E-state index contributed by atoms with van der Waals surface area (Å²) >= 11 is 3.19. The van der Waals surface area contributed by atoms with Gasteiger partial charge in [-0.25, -0.2) is 0 Å². The van der Waals surface area contributed by atoms with Gasteiger partial charge in [-0.3, -0.25) is 4.79 Å². The second-order valence-corrected chi connectivity index (χ2v) is 8.39. The molecular formula is C16H27N3OS2. The van der Waals surface area contributed by atoms with Gasteiger partial charge < -0.3 is 5.32 Å². The van der Waals surface area contributed by atoms with E-state index in [-0.39, 0.29) is 11.8 Å². The third-order valence-electron chi connectivity index (χ3n) is 4.25. The van der Waals surface area contributed by atoms with Crippen LogP contribution in [0.5, 0.6) is 0 Å². The van der Waals surface area contributed by atoms with Crippen molar-refractivity contribution in [1.29, 1.82) is 0 Å². The lowest BCUT2D eigenvalue weighted by Crippen LogP contribution is -2.27. The van der Waals surface area contributed by atoms with Crippen molar-refractivity contribution < 1.29 is 4.79 Å². The molecule has 0 aromatic carbocycles. The van der Waals surface area contributed by atoms with Crippen molar-refractivity contribution >= 4 is 34.1 Å². The molecule has 1 saturated carbocycles. The zero-order chi connectivity index (χ0) is 15.8. The van der Waals surface area contributed by atoms with Crippen molar-refractivity contribution in [2.75, 3.05) is 11.1 Å². The van der Waals surface area contributed by atoms with Gasteiger partial charge in [-0.1, -0.05) is 56.2 Å². The quantitative estimate of drug-likeness (QED) is 0.535. The van der Waals surface area contributed by atoms with Crippen LogP contribution in [0.25, 0.3) is 0 Å². The van der Waals surface area contributed by atoms with E-state index in [1.165, 1.54) is 43.4 Å². The van der Waals surface area contributed by atoms with E-state index in [0.29, 0.717) is 5.13 Å². The smallest absolute Gasteiger partial charge is 0.229 e. The zero-order valence-corrected chi connectivity index (χ0v) is 15.3. The topological polar surface area (TPSA) is 54.9 Å². The average Bonchev–Trinajstić information content (AvgIpc) is 2.98. The predicted octanol–water partition coefficient (Wildman–Crippen LogP) is 4.98. The maximum atomic E-state index is 12.3. The Morgan fingerprint density at radius 2 is 2.00 bits per heavy atom. The first-order chi connectivity index (χ1) is 10.7. The third kappa shape index (κ3) is 5.54. The van der Waals surface area contributed by atoms with Gasteiger partial charge in [0.15, 0.2) is 4.34 Å². The number of carbonyl (C=O) groups excluding carboxylic acids is 1. The molecule has 1 heterocycles. The molecule has 6 heteroatoms. The molecule has 1 amide bonds. The normalized spacial score (nSPS) is 21.7. The second kappa shape index (κ2) is 9.50. The maximum absolute atomic E-state index is 12.3. The molecule has 22 heavy (non-hydrogen) atoms. The molecule has 0 spiro atoms. The van der Waals surface area contributed by atoms with Crippen LogP contribution < -0.4 is 5.32 Å². The van der Waals surface area contributed by atoms with Gasteiger partial charge in [-0.15, -0.1) is 10.2 Å². The molecule has 0 saturated heterocycles. The van der Waals surface area contributed by atoms with Gasteiger partial charge in [0, 0.05) is 11.7 Å². The lowest BCUT2D eigenvalue weighted by molar-refractivity contribution is -0.121. The van der Waals surface area contributed by atoms with Gasteiger partial charge in [0.05, 0.1) is 0 Å². The van der Waals surface area contributed by atoms with Gasteiger partial charge >= 0.3 is 0 Å². The average molecular weight is 342 g/mol. The molecule has 0 unspecified atom stereocenters. The summed E-state index contributed by atoms with van der Waals surface area (Å²) in [5.74, 6) is 2.18. The molecule has 2 rings (SSSR count). The predicted molar refractivity (Wildman–Crippen MR) is 94.5 cm³/mol. The summed E-state index contributed by atoms with van der Waals surface area (Å²) in [6.45, 7) is 4.39. The molecule has 1 fully saturated rings. The molecule has 0 aliphatic heterocycles. The van der Waals surface area contributed by atoms with Crippen LogP contribution in [0.1, 0.15) is 65.2 Å². The summed E-state index contributed by atoms with van der Waals surface area (Å²) in [5, 5.41) is 11.8. The van der Waals surface area contributed by atoms with Crippen LogP contribution >= 0.6 is 23.1 Å². The van der Waals surface area contributed by atoms with E-state index >= 15 is 0 Å². The fourth-order valence-corrected chi connectivity index (χ4v) is 4.60. The van der Waals surface area contributed by atoms with Crippen LogP contribution in [0, 0.1) is 11.8 Å². The lowest BCUT2D eigenvalue weighted by Gasteiger charge is -2.27. The molecule has 1 N–H and O–H groups in total. The van der Waals surface area contributed by atoms with Crippen LogP contribution in [-0.2, 0) is 4.79 Å². The van der Waals surface area contributed by atoms with Crippen molar-refractivity contribution in [3.8, 4) is 0 Å². The molecule has 0 bridgehead atoms. The van der Waals surface area contributed by atoms with Crippen LogP contribution in [0.15, 0.2) is 4.34 Å². The van der Waals surface area contributed by atoms with E-state index in [2.05, 4.69) is 29.4 Å². The highest BCUT2D eigenvalue weighted by Gasteiger charge is 2.26. The van der Waals surface area contributed by atoms with E-state index in [1.54, 1.807) is 11.8 Å². The minimum Gasteiger partial charge on any atom is -0.300 e. The minimum absolute atomic E-state index is 0.136. The molecule has 0 radical (unpaired) electrons. The van der Waals surface area contributed by atoms with Gasteiger partial charge in [-0.2, -0.15) is 0 Å². The van der Waals surface area contributed by atoms with E-state index in [1.807, 2.05) is 0 Å². The first kappa shape index (κ1) is 17.7. The lowest BCUT2D eigenvalue weighted by atomic mass is 9.79. The number of hydrogen-bond acceptors (Lipinski definition) is 5. The van der Waals surface area contributed by atoms with Crippen LogP contribution in [0.4, 0.5) is 5.13 Å². The highest BCUT2D eigenvalue weighted by molar-refractivity contribution is 8.01. The Morgan fingerprint density at radius 1 is 1.23 bits per heavy atom. The molecule has 1 aromatic rings. The van der Waals surface area contributed by atoms with Crippen molar-refractivity contribution in [2.45, 2.75) is 69.6 Å². The van der Waals surface area contributed by atoms with Gasteiger partial charge in [-0.05, 0) is 38.0 Å². The fourth-order valence-electron chi connectivity index (χ4n) is 2.92. The summed E-state index contributed by atoms with van der Waals surface area (Å²) < 4.78 is 0.945. The highest BCUT2D eigenvalue weighted by Crippen LogP contribution is 2.33. The van der Waals surface area contributed by atoms with Gasteiger partial charge in [0.1, 0.15) is 0 Å². The van der Waals surface area contributed by atoms with Gasteiger partial charge in [0.2, 0.25) is 11.0 Å². The van der Waals surface area contributed by atoms with Crippen molar-refractivity contribution in [1.82, 2.24) is 10.2 Å². The zero-order valence-electron chi connectivity index (χ0n) is 13.6. The van der Waals surface area contributed by atoms with Crippen LogP contribution in [0.3, 0.4) is 0 Å². The number of nitrogens with one attached hydrogen (secondary N) is 1. The molecule has 124 valence electrons. The van der Waals surface area contributed by atoms with Crippen LogP contribution in [-0.4, -0.2) is 21.9 Å². The SMILES string of the molecule is CCCCC1CCC(C(=O)Nc2nnc(SCCC)s2)CC1. The molecule has 4 nitrogen and oxygen atoms in total. The van der Waals surface area contributed by atoms with Crippen molar-refractivity contribution in [3.05, 3.63) is 0 Å². The molecule has 1 aliphatic carbocycles. The largest absolute Gasteiger partial charge is 0.300 e. The summed E-state index contributed by atoms with van der Waals surface area (Å²) in [4.78, 5) is 12.3. The first-order valence-electron chi connectivity index (χ1n) is 8.50. The number of hydrogen-bond donors (Lipinski definition) is 1. The maximum Gasteiger partial charge on any atom is 0.229 e. The van der Waals surface area contributed by atoms with Crippen molar-refractivity contribution in [2.24, 2.45) is 11.8 Å². The number of carbonyl (C=O) groups is 1. The number of thioether (sulfide) groups is 1. The summed E-state index contributed by atoms with van der Waals surface area (Å²) in [6.07, 6.45) is 9.50. The standard InChI is InChI=1S/C16H27N3OS2/c1-3-5-6-12-7-9-13(10-8-12)14(20)17-15-18-19-16(22-15)21-11-4-2/h12-13H,3-11H2,1-2H3,(H,17,18,20). The van der Waals surface area contributed by atoms with E-state index in [9.17, 15) is 4.79 Å². The number of anilines is 1. The number of amides is 1. The monoisotopic (exact) mass is 341 g/mol. The summed E-state index contributed by atoms with van der Waals surface area (Å²) in [7, 11) is 0. The summed E-state index contributed by atoms with van der Waals surface area (Å²) in [6, 6.07) is 0. The second-order valence-electron chi connectivity index (χ2n) is 6.07. The Morgan fingerprint density at radius 3 is 2.68 bits per heavy atom. The number of aromatic nitrogens is 2. The molecule has 0 atom stereocenters. The Kier molecular flexibility index (Phi) is 7.66. The van der Waals surface area contributed by atoms with Gasteiger partial charge in [0.25, 0.3) is 0 Å². The number of nitrogens with zero attached hydrogens (tertiary/aromatic N) is 2. The number of unbranched alkanes of at least 4 members (excludes halogenated alkanes) is 1. The van der Waals surface area contributed by atoms with Crippen LogP contribution in [0.2, 0.25) is 0 Å². The van der Waals surface area contributed by atoms with E-state index < -0.39 is 0 Å². The first-order valence-corrected chi connectivity index (χ1v) is 10.3. The Labute approximate surface area is 141 Å². The third-order valence-corrected chi connectivity index (χ3v) is 6.43. The Hall–Kier alpha value is -0.620. The molecule has 1 aliphatic rings. The Bertz CT molecular complexity index is 456.